The van der Waals surface area contributed by atoms with Crippen molar-refractivity contribution in [2.24, 2.45) is 0 Å². The highest BCUT2D eigenvalue weighted by Crippen LogP contribution is 2.13. The number of carbonyl (C=O) groups is 1. The van der Waals surface area contributed by atoms with Crippen LogP contribution in [-0.4, -0.2) is 12.5 Å². The molecule has 1 rings (SSSR count). The lowest BCUT2D eigenvalue weighted by atomic mass is 10.1. The van der Waals surface area contributed by atoms with Gasteiger partial charge < -0.3 is 11.1 Å². The van der Waals surface area contributed by atoms with Crippen LogP contribution in [0.1, 0.15) is 74.2 Å². The molecule has 0 saturated heterocycles. The van der Waals surface area contributed by atoms with Crippen LogP contribution >= 0.6 is 0 Å². The van der Waals surface area contributed by atoms with Gasteiger partial charge in [0.05, 0.1) is 5.56 Å². The molecule has 118 valence electrons. The van der Waals surface area contributed by atoms with E-state index in [1.165, 1.54) is 44.9 Å². The second-order valence-electron chi connectivity index (χ2n) is 5.82. The lowest BCUT2D eigenvalue weighted by molar-refractivity contribution is 0.0954. The van der Waals surface area contributed by atoms with Crippen LogP contribution in [0.25, 0.3) is 0 Å². The molecule has 0 spiro atoms. The average Bonchev–Trinajstić information content (AvgIpc) is 2.45. The molecular formula is C18H30N2O. The molecule has 3 heteroatoms. The van der Waals surface area contributed by atoms with Gasteiger partial charge in [0.25, 0.3) is 5.91 Å². The molecule has 0 fully saturated rings. The van der Waals surface area contributed by atoms with E-state index >= 15 is 0 Å². The minimum Gasteiger partial charge on any atom is -0.398 e. The Morgan fingerprint density at radius 2 is 1.67 bits per heavy atom. The zero-order chi connectivity index (χ0) is 15.5. The lowest BCUT2D eigenvalue weighted by Gasteiger charge is -2.08. The van der Waals surface area contributed by atoms with E-state index in [4.69, 9.17) is 5.73 Å². The molecule has 3 nitrogen and oxygen atoms in total. The van der Waals surface area contributed by atoms with Crippen molar-refractivity contribution in [3.8, 4) is 0 Å². The Labute approximate surface area is 129 Å². The van der Waals surface area contributed by atoms with Gasteiger partial charge in [-0.15, -0.1) is 0 Å². The third-order valence-electron chi connectivity index (χ3n) is 3.77. The molecule has 1 aromatic carbocycles. The lowest BCUT2D eigenvalue weighted by Crippen LogP contribution is -2.25. The fraction of sp³-hybridized carbons (Fsp3) is 0.611. The normalized spacial score (nSPS) is 10.6. The molecule has 0 atom stereocenters. The standard InChI is InChI=1S/C18H30N2O/c1-3-4-5-6-7-8-9-10-13-20-18(21)16-12-11-15(2)14-17(16)19/h11-12,14H,3-10,13,19H2,1-2H3,(H,20,21). The van der Waals surface area contributed by atoms with Gasteiger partial charge in [-0.05, 0) is 31.0 Å². The SMILES string of the molecule is CCCCCCCCCCNC(=O)c1ccc(C)cc1N. The Kier molecular flexibility index (Phi) is 8.56. The van der Waals surface area contributed by atoms with Crippen LogP contribution in [0, 0.1) is 6.92 Å². The van der Waals surface area contributed by atoms with Crippen molar-refractivity contribution < 1.29 is 4.79 Å². The summed E-state index contributed by atoms with van der Waals surface area (Å²) in [6.07, 6.45) is 10.2. The van der Waals surface area contributed by atoms with Gasteiger partial charge in [0.2, 0.25) is 0 Å². The number of carbonyl (C=O) groups excluding carboxylic acids is 1. The van der Waals surface area contributed by atoms with E-state index in [9.17, 15) is 4.79 Å². The highest BCUT2D eigenvalue weighted by molar-refractivity contribution is 5.99. The van der Waals surface area contributed by atoms with Crippen molar-refractivity contribution in [3.05, 3.63) is 29.3 Å². The van der Waals surface area contributed by atoms with Crippen LogP contribution in [0.3, 0.4) is 0 Å². The fourth-order valence-corrected chi connectivity index (χ4v) is 2.44. The Morgan fingerprint density at radius 3 is 2.29 bits per heavy atom. The summed E-state index contributed by atoms with van der Waals surface area (Å²) >= 11 is 0. The van der Waals surface area contributed by atoms with E-state index in [0.717, 1.165) is 18.5 Å². The average molecular weight is 290 g/mol. The monoisotopic (exact) mass is 290 g/mol. The summed E-state index contributed by atoms with van der Waals surface area (Å²) in [7, 11) is 0. The first-order valence-electron chi connectivity index (χ1n) is 8.29. The van der Waals surface area contributed by atoms with Crippen molar-refractivity contribution in [2.75, 3.05) is 12.3 Å². The zero-order valence-electron chi connectivity index (χ0n) is 13.6. The van der Waals surface area contributed by atoms with Crippen molar-refractivity contribution in [3.63, 3.8) is 0 Å². The highest BCUT2D eigenvalue weighted by Gasteiger charge is 2.08. The molecule has 0 radical (unpaired) electrons. The second-order valence-corrected chi connectivity index (χ2v) is 5.82. The van der Waals surface area contributed by atoms with Gasteiger partial charge in [-0.1, -0.05) is 57.9 Å². The molecule has 21 heavy (non-hydrogen) atoms. The summed E-state index contributed by atoms with van der Waals surface area (Å²) in [5.41, 5.74) is 8.09. The van der Waals surface area contributed by atoms with Crippen LogP contribution in [0.4, 0.5) is 5.69 Å². The van der Waals surface area contributed by atoms with E-state index in [2.05, 4.69) is 12.2 Å². The highest BCUT2D eigenvalue weighted by atomic mass is 16.1. The zero-order valence-corrected chi connectivity index (χ0v) is 13.6. The molecule has 0 unspecified atom stereocenters. The number of nitrogens with two attached hydrogens (primary N) is 1. The van der Waals surface area contributed by atoms with Crippen molar-refractivity contribution in [1.82, 2.24) is 5.32 Å². The quantitative estimate of drug-likeness (QED) is 0.494. The molecule has 0 aliphatic heterocycles. The Balaban J connectivity index is 2.11. The van der Waals surface area contributed by atoms with Crippen LogP contribution < -0.4 is 11.1 Å². The second kappa shape index (κ2) is 10.3. The minimum atomic E-state index is -0.0598. The van der Waals surface area contributed by atoms with Gasteiger partial charge in [-0.2, -0.15) is 0 Å². The molecule has 0 aliphatic rings. The van der Waals surface area contributed by atoms with Crippen molar-refractivity contribution in [2.45, 2.75) is 65.2 Å². The minimum absolute atomic E-state index is 0.0598. The summed E-state index contributed by atoms with van der Waals surface area (Å²) in [4.78, 5) is 12.0. The molecule has 1 aromatic rings. The third-order valence-corrected chi connectivity index (χ3v) is 3.77. The van der Waals surface area contributed by atoms with E-state index in [1.807, 2.05) is 19.1 Å². The summed E-state index contributed by atoms with van der Waals surface area (Å²) in [6, 6.07) is 5.56. The molecule has 0 saturated carbocycles. The number of anilines is 1. The molecule has 0 aromatic heterocycles. The molecule has 0 aliphatic carbocycles. The molecular weight excluding hydrogens is 260 g/mol. The van der Waals surface area contributed by atoms with Crippen molar-refractivity contribution in [1.29, 1.82) is 0 Å². The molecule has 0 bridgehead atoms. The first-order valence-corrected chi connectivity index (χ1v) is 8.29. The van der Waals surface area contributed by atoms with E-state index in [0.29, 0.717) is 11.3 Å². The maximum absolute atomic E-state index is 12.0. The van der Waals surface area contributed by atoms with Crippen LogP contribution in [0.15, 0.2) is 18.2 Å². The third kappa shape index (κ3) is 7.16. The number of nitrogens with one attached hydrogen (secondary N) is 1. The van der Waals surface area contributed by atoms with E-state index in [1.54, 1.807) is 6.07 Å². The summed E-state index contributed by atoms with van der Waals surface area (Å²) in [5, 5.41) is 2.95. The fourth-order valence-electron chi connectivity index (χ4n) is 2.44. The number of hydrogen-bond donors (Lipinski definition) is 2. The molecule has 3 N–H and O–H groups in total. The number of rotatable bonds is 10. The smallest absolute Gasteiger partial charge is 0.253 e. The van der Waals surface area contributed by atoms with E-state index in [-0.39, 0.29) is 5.91 Å². The maximum Gasteiger partial charge on any atom is 0.253 e. The first-order chi connectivity index (χ1) is 10.1. The number of nitrogen functional groups attached to an aromatic ring is 1. The molecule has 1 amide bonds. The first kappa shape index (κ1) is 17.5. The van der Waals surface area contributed by atoms with Gasteiger partial charge in [-0.3, -0.25) is 4.79 Å². The number of benzene rings is 1. The number of unbranched alkanes of at least 4 members (excludes halogenated alkanes) is 7. The van der Waals surface area contributed by atoms with Gasteiger partial charge >= 0.3 is 0 Å². The summed E-state index contributed by atoms with van der Waals surface area (Å²) in [5.74, 6) is -0.0598. The maximum atomic E-state index is 12.0. The summed E-state index contributed by atoms with van der Waals surface area (Å²) < 4.78 is 0. The predicted molar refractivity (Wildman–Crippen MR) is 90.5 cm³/mol. The van der Waals surface area contributed by atoms with Gasteiger partial charge in [-0.25, -0.2) is 0 Å². The van der Waals surface area contributed by atoms with Gasteiger partial charge in [0.15, 0.2) is 0 Å². The van der Waals surface area contributed by atoms with Gasteiger partial charge in [0.1, 0.15) is 0 Å². The largest absolute Gasteiger partial charge is 0.398 e. The molecule has 0 heterocycles. The van der Waals surface area contributed by atoms with Gasteiger partial charge in [0, 0.05) is 12.2 Å². The number of amides is 1. The Morgan fingerprint density at radius 1 is 1.05 bits per heavy atom. The topological polar surface area (TPSA) is 55.1 Å². The van der Waals surface area contributed by atoms with Crippen LogP contribution in [0.5, 0.6) is 0 Å². The van der Waals surface area contributed by atoms with Crippen molar-refractivity contribution >= 4 is 11.6 Å². The van der Waals surface area contributed by atoms with E-state index < -0.39 is 0 Å². The Bertz CT molecular complexity index is 429. The van der Waals surface area contributed by atoms with Crippen LogP contribution in [0.2, 0.25) is 0 Å². The summed E-state index contributed by atoms with van der Waals surface area (Å²) in [6.45, 7) is 4.95. The number of aryl methyl sites for hydroxylation is 1. The van der Waals surface area contributed by atoms with Crippen LogP contribution in [-0.2, 0) is 0 Å². The predicted octanol–water partition coefficient (Wildman–Crippen LogP) is 4.45. The Hall–Kier alpha value is -1.51. The number of hydrogen-bond acceptors (Lipinski definition) is 2.